The summed E-state index contributed by atoms with van der Waals surface area (Å²) in [6.45, 7) is 0. The Labute approximate surface area is 109 Å². The van der Waals surface area contributed by atoms with Crippen LogP contribution in [0.15, 0.2) is 16.5 Å². The van der Waals surface area contributed by atoms with Crippen LogP contribution in [0.3, 0.4) is 0 Å². The molecule has 0 amide bonds. The smallest absolute Gasteiger partial charge is 0.197 e. The second-order valence-electron chi connectivity index (χ2n) is 4.74. The van der Waals surface area contributed by atoms with E-state index in [1.807, 2.05) is 0 Å². The Morgan fingerprint density at radius 1 is 1.35 bits per heavy atom. The first-order valence-electron chi connectivity index (χ1n) is 5.59. The van der Waals surface area contributed by atoms with Crippen LogP contribution in [0.2, 0.25) is 10.0 Å². The maximum Gasteiger partial charge on any atom is 0.197 e. The number of hydrogen-bond donors (Lipinski definition) is 1. The highest BCUT2D eigenvalue weighted by Gasteiger charge is 2.34. The van der Waals surface area contributed by atoms with Gasteiger partial charge in [-0.3, -0.25) is 0 Å². The Hall–Kier alpha value is -0.770. The molecule has 1 heterocycles. The third-order valence-corrected chi connectivity index (χ3v) is 3.81. The zero-order valence-corrected chi connectivity index (χ0v) is 10.7. The Balaban J connectivity index is 1.99. The van der Waals surface area contributed by atoms with Crippen LogP contribution in [0.5, 0.6) is 0 Å². The lowest BCUT2D eigenvalue weighted by atomic mass is 9.75. The topological polar surface area (TPSA) is 52.0 Å². The van der Waals surface area contributed by atoms with E-state index < -0.39 is 0 Å². The summed E-state index contributed by atoms with van der Waals surface area (Å²) in [5.41, 5.74) is 7.31. The Morgan fingerprint density at radius 3 is 2.76 bits per heavy atom. The number of oxazole rings is 1. The fraction of sp³-hybridized carbons (Fsp3) is 0.417. The summed E-state index contributed by atoms with van der Waals surface area (Å²) in [5.74, 6) is 0.645. The van der Waals surface area contributed by atoms with E-state index in [0.717, 1.165) is 12.8 Å². The first kappa shape index (κ1) is 11.3. The molecule has 3 rings (SSSR count). The molecule has 0 spiro atoms. The molecule has 0 radical (unpaired) electrons. The minimum atomic E-state index is -0.142. The van der Waals surface area contributed by atoms with Gasteiger partial charge in [0.2, 0.25) is 0 Å². The first-order chi connectivity index (χ1) is 8.06. The standard InChI is InChI=1S/C12H12Cl2N2O/c13-7-4-8(14)11-9(5-7)16-10(17-11)6-12(15)2-1-3-12/h4-5H,1-3,6,15H2. The van der Waals surface area contributed by atoms with Gasteiger partial charge in [0.15, 0.2) is 11.5 Å². The van der Waals surface area contributed by atoms with Crippen LogP contribution < -0.4 is 5.73 Å². The number of hydrogen-bond acceptors (Lipinski definition) is 3. The van der Waals surface area contributed by atoms with Crippen LogP contribution in [0, 0.1) is 0 Å². The molecule has 0 bridgehead atoms. The maximum atomic E-state index is 6.17. The van der Waals surface area contributed by atoms with Crippen molar-refractivity contribution in [2.24, 2.45) is 5.73 Å². The molecule has 17 heavy (non-hydrogen) atoms. The molecule has 3 nitrogen and oxygen atoms in total. The number of nitrogens with two attached hydrogens (primary N) is 1. The fourth-order valence-electron chi connectivity index (χ4n) is 2.19. The number of aromatic nitrogens is 1. The van der Waals surface area contributed by atoms with Crippen molar-refractivity contribution in [1.29, 1.82) is 0 Å². The van der Waals surface area contributed by atoms with Crippen molar-refractivity contribution in [3.05, 3.63) is 28.1 Å². The lowest BCUT2D eigenvalue weighted by Crippen LogP contribution is -2.48. The molecule has 0 saturated heterocycles. The summed E-state index contributed by atoms with van der Waals surface area (Å²) in [5, 5.41) is 1.05. The molecule has 2 N–H and O–H groups in total. The quantitative estimate of drug-likeness (QED) is 0.908. The van der Waals surface area contributed by atoms with E-state index in [2.05, 4.69) is 4.98 Å². The summed E-state index contributed by atoms with van der Waals surface area (Å²) in [4.78, 5) is 4.39. The molecule has 1 saturated carbocycles. The molecule has 1 aromatic heterocycles. The summed E-state index contributed by atoms with van der Waals surface area (Å²) in [6, 6.07) is 3.40. The van der Waals surface area contributed by atoms with E-state index in [1.54, 1.807) is 12.1 Å². The molecule has 5 heteroatoms. The normalized spacial score (nSPS) is 18.3. The lowest BCUT2D eigenvalue weighted by Gasteiger charge is -2.36. The van der Waals surface area contributed by atoms with E-state index in [0.29, 0.717) is 33.5 Å². The van der Waals surface area contributed by atoms with Crippen LogP contribution in [-0.2, 0) is 6.42 Å². The minimum absolute atomic E-state index is 0.142. The molecule has 0 unspecified atom stereocenters. The number of nitrogens with zero attached hydrogens (tertiary/aromatic N) is 1. The summed E-state index contributed by atoms with van der Waals surface area (Å²) >= 11 is 12.0. The SMILES string of the molecule is NC1(Cc2nc3cc(Cl)cc(Cl)c3o2)CCC1. The summed E-state index contributed by atoms with van der Waals surface area (Å²) in [6.07, 6.45) is 3.90. The van der Waals surface area contributed by atoms with Gasteiger partial charge in [0.05, 0.1) is 5.02 Å². The van der Waals surface area contributed by atoms with Gasteiger partial charge in [0, 0.05) is 17.0 Å². The van der Waals surface area contributed by atoms with Crippen molar-refractivity contribution in [2.45, 2.75) is 31.2 Å². The Kier molecular flexibility index (Phi) is 2.58. The first-order valence-corrected chi connectivity index (χ1v) is 6.35. The number of benzene rings is 1. The van der Waals surface area contributed by atoms with Gasteiger partial charge in [-0.2, -0.15) is 0 Å². The average molecular weight is 271 g/mol. The van der Waals surface area contributed by atoms with Crippen LogP contribution in [0.1, 0.15) is 25.2 Å². The molecule has 1 aliphatic carbocycles. The number of rotatable bonds is 2. The third kappa shape index (κ3) is 2.03. The van der Waals surface area contributed by atoms with Gasteiger partial charge < -0.3 is 10.2 Å². The average Bonchev–Trinajstić information content (AvgIpc) is 2.58. The zero-order valence-electron chi connectivity index (χ0n) is 9.17. The third-order valence-electron chi connectivity index (χ3n) is 3.31. The largest absolute Gasteiger partial charge is 0.439 e. The van der Waals surface area contributed by atoms with E-state index in [9.17, 15) is 0 Å². The lowest BCUT2D eigenvalue weighted by molar-refractivity contribution is 0.232. The van der Waals surface area contributed by atoms with Crippen LogP contribution in [-0.4, -0.2) is 10.5 Å². The van der Waals surface area contributed by atoms with Crippen molar-refractivity contribution in [3.8, 4) is 0 Å². The van der Waals surface area contributed by atoms with E-state index >= 15 is 0 Å². The van der Waals surface area contributed by atoms with Crippen molar-refractivity contribution >= 4 is 34.3 Å². The molecule has 0 atom stereocenters. The maximum absolute atomic E-state index is 6.17. The molecular formula is C12H12Cl2N2O. The van der Waals surface area contributed by atoms with Crippen LogP contribution >= 0.6 is 23.2 Å². The van der Waals surface area contributed by atoms with E-state index in [1.165, 1.54) is 6.42 Å². The molecular weight excluding hydrogens is 259 g/mol. The predicted molar refractivity (Wildman–Crippen MR) is 68.5 cm³/mol. The van der Waals surface area contributed by atoms with Gasteiger partial charge in [-0.25, -0.2) is 4.98 Å². The highest BCUT2D eigenvalue weighted by atomic mass is 35.5. The minimum Gasteiger partial charge on any atom is -0.439 e. The van der Waals surface area contributed by atoms with Crippen molar-refractivity contribution in [1.82, 2.24) is 4.98 Å². The Bertz CT molecular complexity index is 575. The number of halogens is 2. The van der Waals surface area contributed by atoms with Gasteiger partial charge >= 0.3 is 0 Å². The van der Waals surface area contributed by atoms with Gasteiger partial charge in [-0.05, 0) is 31.4 Å². The van der Waals surface area contributed by atoms with E-state index in [-0.39, 0.29) is 5.54 Å². The van der Waals surface area contributed by atoms with Crippen LogP contribution in [0.4, 0.5) is 0 Å². The Morgan fingerprint density at radius 2 is 2.12 bits per heavy atom. The molecule has 1 aliphatic rings. The van der Waals surface area contributed by atoms with Crippen molar-refractivity contribution in [2.75, 3.05) is 0 Å². The van der Waals surface area contributed by atoms with Crippen molar-refractivity contribution < 1.29 is 4.42 Å². The molecule has 0 aliphatic heterocycles. The molecule has 1 fully saturated rings. The monoisotopic (exact) mass is 270 g/mol. The van der Waals surface area contributed by atoms with Crippen molar-refractivity contribution in [3.63, 3.8) is 0 Å². The molecule has 1 aromatic carbocycles. The van der Waals surface area contributed by atoms with Crippen LogP contribution in [0.25, 0.3) is 11.1 Å². The van der Waals surface area contributed by atoms with Gasteiger partial charge in [0.1, 0.15) is 5.52 Å². The van der Waals surface area contributed by atoms with Gasteiger partial charge in [-0.1, -0.05) is 23.2 Å². The van der Waals surface area contributed by atoms with Gasteiger partial charge in [-0.15, -0.1) is 0 Å². The van der Waals surface area contributed by atoms with E-state index in [4.69, 9.17) is 33.4 Å². The molecule has 2 aromatic rings. The van der Waals surface area contributed by atoms with Gasteiger partial charge in [0.25, 0.3) is 0 Å². The second kappa shape index (κ2) is 3.87. The zero-order chi connectivity index (χ0) is 12.0. The summed E-state index contributed by atoms with van der Waals surface area (Å²) < 4.78 is 5.64. The fourth-order valence-corrected chi connectivity index (χ4v) is 2.71. The number of fused-ring (bicyclic) bond motifs is 1. The second-order valence-corrected chi connectivity index (χ2v) is 5.58. The highest BCUT2D eigenvalue weighted by Crippen LogP contribution is 2.34. The summed E-state index contributed by atoms with van der Waals surface area (Å²) in [7, 11) is 0. The highest BCUT2D eigenvalue weighted by molar-refractivity contribution is 6.37. The predicted octanol–water partition coefficient (Wildman–Crippen LogP) is 3.56. The molecule has 90 valence electrons.